The summed E-state index contributed by atoms with van der Waals surface area (Å²) in [4.78, 5) is 89.4. The first-order valence-electron chi connectivity index (χ1n) is 20.2. The van der Waals surface area contributed by atoms with Gasteiger partial charge in [0.1, 0.15) is 37.1 Å². The van der Waals surface area contributed by atoms with Gasteiger partial charge in [0, 0.05) is 52.9 Å². The Kier molecular flexibility index (Phi) is 16.6. The van der Waals surface area contributed by atoms with Crippen LogP contribution in [-0.2, 0) is 81.0 Å². The predicted octanol–water partition coefficient (Wildman–Crippen LogP) is 4.31. The molecule has 3 saturated carbocycles. The molecule has 0 N–H and O–H groups in total. The minimum absolute atomic E-state index is 0. The van der Waals surface area contributed by atoms with E-state index in [9.17, 15) is 38.4 Å². The third-order valence-electron chi connectivity index (χ3n) is 11.5. The summed E-state index contributed by atoms with van der Waals surface area (Å²) in [5.41, 5.74) is 1.32. The van der Waals surface area contributed by atoms with E-state index < -0.39 is 48.8 Å². The Labute approximate surface area is 361 Å². The van der Waals surface area contributed by atoms with Crippen LogP contribution in [0, 0.1) is 29.6 Å². The van der Waals surface area contributed by atoms with Crippen molar-refractivity contribution in [3.63, 3.8) is 0 Å². The predicted molar refractivity (Wildman–Crippen MR) is 216 cm³/mol. The van der Waals surface area contributed by atoms with E-state index in [4.69, 9.17) is 37.9 Å². The van der Waals surface area contributed by atoms with Crippen molar-refractivity contribution in [1.29, 1.82) is 0 Å². The molecule has 12 atom stereocenters. The highest BCUT2D eigenvalue weighted by atomic mass is 16.6. The molecule has 0 radical (unpaired) electrons. The Bertz CT molecular complexity index is 1880. The number of rotatable bonds is 10. The van der Waals surface area contributed by atoms with Crippen LogP contribution in [-0.4, -0.2) is 110 Å². The first kappa shape index (κ1) is 49.1. The summed E-state index contributed by atoms with van der Waals surface area (Å²) in [5.74, 6) is -1.26. The number of esters is 7. The van der Waals surface area contributed by atoms with E-state index in [0.29, 0.717) is 42.1 Å². The van der Waals surface area contributed by atoms with Crippen molar-refractivity contribution in [2.24, 2.45) is 29.6 Å². The molecule has 62 heavy (non-hydrogen) atoms. The highest BCUT2D eigenvalue weighted by Crippen LogP contribution is 2.55. The lowest BCUT2D eigenvalue weighted by Crippen LogP contribution is -2.38. The van der Waals surface area contributed by atoms with Crippen LogP contribution in [0.5, 0.6) is 0 Å². The second-order valence-electron chi connectivity index (χ2n) is 16.5. The monoisotopic (exact) mass is 870 g/mol. The Morgan fingerprint density at radius 3 is 1.94 bits per heavy atom. The molecule has 17 heteroatoms. The number of Topliss-reactive ketones (excluding diaryl/α,β-unsaturated/α-hetero) is 1. The number of carbonyl (C=O) groups excluding carboxylic acids is 8. The van der Waals surface area contributed by atoms with Crippen molar-refractivity contribution in [1.82, 2.24) is 0 Å². The highest BCUT2D eigenvalue weighted by molar-refractivity contribution is 5.92. The summed E-state index contributed by atoms with van der Waals surface area (Å²) in [6, 6.07) is 0. The van der Waals surface area contributed by atoms with Gasteiger partial charge in [-0.05, 0) is 53.4 Å². The molecule has 0 spiro atoms. The minimum atomic E-state index is -0.623. The molecule has 8 rings (SSSR count). The van der Waals surface area contributed by atoms with E-state index in [1.807, 2.05) is 0 Å². The van der Waals surface area contributed by atoms with E-state index in [1.54, 1.807) is 20.8 Å². The van der Waals surface area contributed by atoms with Crippen LogP contribution in [0.2, 0.25) is 0 Å². The van der Waals surface area contributed by atoms with Crippen LogP contribution in [0.15, 0.2) is 60.9 Å². The number of hydrogen-bond donors (Lipinski definition) is 0. The standard InChI is InChI=1S/C14H16O6.C13H16O4.C9H12O3.C8H10O4.CH4/c1-6(2)13(16)18-5-10(15)19-11-7-3-8-9(4-7)14(17)20-12(8)11;1-6(2)13(14)17-10-4-9-8-5-15-7(3)11(8)12(10)16-9;1-6(2)9(11)12-8-5-3-4-7(8)10;1-5(2)8(10)12-6-3-7(9)11-4-6;/h7-9,11-12H,1,3-5H2,2H3;8-12H,1,3-5H2,2H3;8H,1,3-5H2,2H3;6H,1,3-4H2,2H3;1H4. The third-order valence-corrected chi connectivity index (χ3v) is 11.5. The third kappa shape index (κ3) is 11.7. The van der Waals surface area contributed by atoms with Crippen LogP contribution < -0.4 is 0 Å². The molecule has 0 aromatic rings. The highest BCUT2D eigenvalue weighted by Gasteiger charge is 2.63. The Morgan fingerprint density at radius 1 is 0.726 bits per heavy atom. The van der Waals surface area contributed by atoms with Gasteiger partial charge in [0.15, 0.2) is 18.5 Å². The number of carbonyl (C=O) groups is 8. The summed E-state index contributed by atoms with van der Waals surface area (Å²) in [6.07, 6.45) is 2.79. The lowest BCUT2D eigenvalue weighted by atomic mass is 9.79. The van der Waals surface area contributed by atoms with Gasteiger partial charge < -0.3 is 42.6 Å². The van der Waals surface area contributed by atoms with E-state index >= 15 is 0 Å². The Hall–Kier alpha value is -5.58. The van der Waals surface area contributed by atoms with Crippen LogP contribution in [0.3, 0.4) is 0 Å². The van der Waals surface area contributed by atoms with Gasteiger partial charge >= 0.3 is 41.8 Å². The maximum Gasteiger partial charge on any atom is 0.344 e. The zero-order valence-electron chi connectivity index (χ0n) is 35.0. The van der Waals surface area contributed by atoms with E-state index in [1.165, 1.54) is 6.92 Å². The molecule has 12 unspecified atom stereocenters. The van der Waals surface area contributed by atoms with Crippen molar-refractivity contribution < 1.29 is 81.0 Å². The van der Waals surface area contributed by atoms with Gasteiger partial charge in [0.25, 0.3) is 0 Å². The average Bonchev–Trinajstić information content (AvgIpc) is 4.07. The van der Waals surface area contributed by atoms with Crippen molar-refractivity contribution in [3.05, 3.63) is 60.9 Å². The number of cyclic esters (lactones) is 1. The molecular weight excluding hydrogens is 812 g/mol. The van der Waals surface area contributed by atoms with Gasteiger partial charge in [0.05, 0.1) is 36.7 Å². The molecular formula is C45H58O17. The summed E-state index contributed by atoms with van der Waals surface area (Å²) < 4.78 is 46.4. The van der Waals surface area contributed by atoms with Gasteiger partial charge in [-0.2, -0.15) is 0 Å². The smallest absolute Gasteiger partial charge is 0.344 e. The summed E-state index contributed by atoms with van der Waals surface area (Å²) in [5, 5.41) is 0. The molecule has 8 fully saturated rings. The van der Waals surface area contributed by atoms with Crippen molar-refractivity contribution in [2.45, 2.75) is 123 Å². The van der Waals surface area contributed by atoms with Gasteiger partial charge in [0.2, 0.25) is 0 Å². The fraction of sp³-hybridized carbons (Fsp3) is 0.600. The minimum Gasteiger partial charge on any atom is -0.498 e. The molecule has 8 aliphatic rings. The van der Waals surface area contributed by atoms with Crippen LogP contribution >= 0.6 is 0 Å². The molecule has 0 amide bonds. The van der Waals surface area contributed by atoms with Crippen LogP contribution in [0.25, 0.3) is 0 Å². The summed E-state index contributed by atoms with van der Waals surface area (Å²) in [7, 11) is 0. The quantitative estimate of drug-likeness (QED) is 0.170. The zero-order valence-corrected chi connectivity index (χ0v) is 35.0. The summed E-state index contributed by atoms with van der Waals surface area (Å²) >= 11 is 0. The molecule has 5 saturated heterocycles. The van der Waals surface area contributed by atoms with E-state index in [2.05, 4.69) is 37.6 Å². The second-order valence-corrected chi connectivity index (χ2v) is 16.5. The zero-order chi connectivity index (χ0) is 44.9. The fourth-order valence-corrected chi connectivity index (χ4v) is 8.51. The number of ether oxygens (including phenoxy) is 9. The summed E-state index contributed by atoms with van der Waals surface area (Å²) in [6.45, 7) is 24.4. The fourth-order valence-electron chi connectivity index (χ4n) is 8.51. The first-order chi connectivity index (χ1) is 28.7. The maximum atomic E-state index is 11.7. The average molecular weight is 871 g/mol. The van der Waals surface area contributed by atoms with Crippen LogP contribution in [0.4, 0.5) is 0 Å². The molecule has 340 valence electrons. The topological polar surface area (TPSA) is 220 Å². The molecule has 5 heterocycles. The van der Waals surface area contributed by atoms with Gasteiger partial charge in [-0.1, -0.05) is 40.3 Å². The molecule has 17 nitrogen and oxygen atoms in total. The molecule has 0 aromatic heterocycles. The maximum absolute atomic E-state index is 11.7. The molecule has 3 aliphatic carbocycles. The lowest BCUT2D eigenvalue weighted by Gasteiger charge is -2.26. The Morgan fingerprint density at radius 2 is 1.35 bits per heavy atom. The number of hydrogen-bond acceptors (Lipinski definition) is 17. The van der Waals surface area contributed by atoms with Crippen molar-refractivity contribution in [2.75, 3.05) is 19.8 Å². The van der Waals surface area contributed by atoms with Crippen molar-refractivity contribution >= 4 is 47.6 Å². The first-order valence-corrected chi connectivity index (χ1v) is 20.2. The normalized spacial score (nSPS) is 31.9. The van der Waals surface area contributed by atoms with E-state index in [-0.39, 0.29) is 97.8 Å². The molecule has 5 aliphatic heterocycles. The van der Waals surface area contributed by atoms with Gasteiger partial charge in [-0.3, -0.25) is 14.4 Å². The number of fused-ring (bicyclic) bond motifs is 6. The number of ketones is 1. The largest absolute Gasteiger partial charge is 0.498 e. The van der Waals surface area contributed by atoms with Gasteiger partial charge in [-0.25, -0.2) is 24.0 Å². The molecule has 4 bridgehead atoms. The molecule has 0 aromatic carbocycles. The van der Waals surface area contributed by atoms with Crippen molar-refractivity contribution in [3.8, 4) is 0 Å². The second kappa shape index (κ2) is 21.0. The van der Waals surface area contributed by atoms with Crippen LogP contribution in [0.1, 0.15) is 80.1 Å². The lowest BCUT2D eigenvalue weighted by molar-refractivity contribution is -0.168. The van der Waals surface area contributed by atoms with Gasteiger partial charge in [-0.15, -0.1) is 0 Å². The Balaban J connectivity index is 0.000000185. The van der Waals surface area contributed by atoms with E-state index in [0.717, 1.165) is 31.4 Å². The SMILES string of the molecule is C.C=C(C)C(=O)OC1CC2OC1C1C(=C)OCC21.C=C(C)C(=O)OC1CCCC1=O.C=C(C)C(=O)OC1COC(=O)C1.C=C(C)C(=O)OCC(=O)OC1C2CC3C(=O)OC1C3C2.